The van der Waals surface area contributed by atoms with Crippen LogP contribution in [0.5, 0.6) is 0 Å². The molecule has 0 aliphatic rings. The van der Waals surface area contributed by atoms with Crippen molar-refractivity contribution in [2.24, 2.45) is 0 Å². The molecule has 0 fully saturated rings. The first kappa shape index (κ1) is 12.9. The molecule has 14 heavy (non-hydrogen) atoms. The van der Waals surface area contributed by atoms with Crippen LogP contribution >= 0.6 is 0 Å². The molecule has 0 saturated heterocycles. The SMILES string of the molecule is CCCCNC(=O)CCC(C)NC=O. The third-order valence-corrected chi connectivity index (χ3v) is 2.01. The minimum Gasteiger partial charge on any atom is -0.356 e. The summed E-state index contributed by atoms with van der Waals surface area (Å²) in [4.78, 5) is 21.3. The summed E-state index contributed by atoms with van der Waals surface area (Å²) in [6.45, 7) is 4.72. The molecule has 0 heterocycles. The topological polar surface area (TPSA) is 58.2 Å². The zero-order chi connectivity index (χ0) is 10.8. The maximum atomic E-state index is 11.2. The average molecular weight is 200 g/mol. The number of hydrogen-bond acceptors (Lipinski definition) is 2. The van der Waals surface area contributed by atoms with Crippen molar-refractivity contribution in [3.05, 3.63) is 0 Å². The first-order valence-corrected chi connectivity index (χ1v) is 5.17. The first-order valence-electron chi connectivity index (χ1n) is 5.17. The Morgan fingerprint density at radius 3 is 2.79 bits per heavy atom. The van der Waals surface area contributed by atoms with E-state index in [1.54, 1.807) is 0 Å². The monoisotopic (exact) mass is 200 g/mol. The molecule has 0 aromatic carbocycles. The predicted octanol–water partition coefficient (Wildman–Crippen LogP) is 0.817. The van der Waals surface area contributed by atoms with Gasteiger partial charge in [-0.25, -0.2) is 0 Å². The van der Waals surface area contributed by atoms with Crippen LogP contribution in [-0.4, -0.2) is 24.9 Å². The second kappa shape index (κ2) is 8.53. The molecular weight excluding hydrogens is 180 g/mol. The molecule has 2 amide bonds. The molecule has 2 N–H and O–H groups in total. The smallest absolute Gasteiger partial charge is 0.220 e. The van der Waals surface area contributed by atoms with Gasteiger partial charge in [-0.1, -0.05) is 13.3 Å². The molecular formula is C10H20N2O2. The van der Waals surface area contributed by atoms with Crippen molar-refractivity contribution in [3.63, 3.8) is 0 Å². The molecule has 0 aliphatic heterocycles. The Kier molecular flexibility index (Phi) is 7.89. The van der Waals surface area contributed by atoms with E-state index in [-0.39, 0.29) is 11.9 Å². The Morgan fingerprint density at radius 2 is 2.21 bits per heavy atom. The summed E-state index contributed by atoms with van der Waals surface area (Å²) in [5.41, 5.74) is 0. The van der Waals surface area contributed by atoms with E-state index in [2.05, 4.69) is 17.6 Å². The molecule has 0 saturated carbocycles. The molecule has 0 aromatic rings. The van der Waals surface area contributed by atoms with Gasteiger partial charge in [0.1, 0.15) is 0 Å². The van der Waals surface area contributed by atoms with Crippen molar-refractivity contribution in [2.75, 3.05) is 6.54 Å². The lowest BCUT2D eigenvalue weighted by Gasteiger charge is -2.09. The maximum absolute atomic E-state index is 11.2. The van der Waals surface area contributed by atoms with Crippen LogP contribution in [0.15, 0.2) is 0 Å². The Hall–Kier alpha value is -1.06. The summed E-state index contributed by atoms with van der Waals surface area (Å²) in [5, 5.41) is 5.43. The fourth-order valence-electron chi connectivity index (χ4n) is 1.04. The normalized spacial score (nSPS) is 11.9. The van der Waals surface area contributed by atoms with Crippen molar-refractivity contribution in [3.8, 4) is 0 Å². The average Bonchev–Trinajstić information content (AvgIpc) is 2.16. The van der Waals surface area contributed by atoms with Crippen molar-refractivity contribution in [1.29, 1.82) is 0 Å². The van der Waals surface area contributed by atoms with Crippen molar-refractivity contribution in [2.45, 2.75) is 45.6 Å². The highest BCUT2D eigenvalue weighted by molar-refractivity contribution is 5.75. The van der Waals surface area contributed by atoms with Gasteiger partial charge in [0, 0.05) is 19.0 Å². The number of hydrogen-bond donors (Lipinski definition) is 2. The minimum absolute atomic E-state index is 0.0676. The van der Waals surface area contributed by atoms with Gasteiger partial charge in [0.05, 0.1) is 0 Å². The van der Waals surface area contributed by atoms with Gasteiger partial charge < -0.3 is 10.6 Å². The van der Waals surface area contributed by atoms with E-state index >= 15 is 0 Å². The van der Waals surface area contributed by atoms with Crippen LogP contribution in [0.25, 0.3) is 0 Å². The van der Waals surface area contributed by atoms with Crippen LogP contribution in [0.1, 0.15) is 39.5 Å². The van der Waals surface area contributed by atoms with E-state index in [1.807, 2.05) is 6.92 Å². The third kappa shape index (κ3) is 7.58. The van der Waals surface area contributed by atoms with E-state index in [9.17, 15) is 9.59 Å². The van der Waals surface area contributed by atoms with Crippen LogP contribution in [0.2, 0.25) is 0 Å². The fourth-order valence-corrected chi connectivity index (χ4v) is 1.04. The number of rotatable bonds is 8. The Morgan fingerprint density at radius 1 is 1.50 bits per heavy atom. The molecule has 1 unspecified atom stereocenters. The Labute approximate surface area is 85.4 Å². The van der Waals surface area contributed by atoms with Crippen LogP contribution in [0, 0.1) is 0 Å². The highest BCUT2D eigenvalue weighted by Gasteiger charge is 2.04. The van der Waals surface area contributed by atoms with Gasteiger partial charge in [0.15, 0.2) is 0 Å². The first-order chi connectivity index (χ1) is 6.70. The summed E-state index contributed by atoms with van der Waals surface area (Å²) < 4.78 is 0. The number of amides is 2. The minimum atomic E-state index is 0.0676. The maximum Gasteiger partial charge on any atom is 0.220 e. The van der Waals surface area contributed by atoms with Crippen molar-refractivity contribution < 1.29 is 9.59 Å². The second-order valence-electron chi connectivity index (χ2n) is 3.43. The zero-order valence-corrected chi connectivity index (χ0v) is 9.01. The van der Waals surface area contributed by atoms with Gasteiger partial charge in [-0.15, -0.1) is 0 Å². The van der Waals surface area contributed by atoms with E-state index in [0.29, 0.717) is 19.3 Å². The largest absolute Gasteiger partial charge is 0.356 e. The lowest BCUT2D eigenvalue weighted by atomic mass is 10.2. The summed E-state index contributed by atoms with van der Waals surface area (Å²) in [6.07, 6.45) is 3.94. The lowest BCUT2D eigenvalue weighted by Crippen LogP contribution is -2.29. The van der Waals surface area contributed by atoms with Gasteiger partial charge in [-0.3, -0.25) is 9.59 Å². The fraction of sp³-hybridized carbons (Fsp3) is 0.800. The van der Waals surface area contributed by atoms with Crippen molar-refractivity contribution >= 4 is 12.3 Å². The zero-order valence-electron chi connectivity index (χ0n) is 9.01. The number of nitrogens with one attached hydrogen (secondary N) is 2. The van der Waals surface area contributed by atoms with E-state index in [0.717, 1.165) is 19.4 Å². The summed E-state index contributed by atoms with van der Waals surface area (Å²) >= 11 is 0. The van der Waals surface area contributed by atoms with E-state index in [4.69, 9.17) is 0 Å². The van der Waals surface area contributed by atoms with Gasteiger partial charge in [-0.05, 0) is 19.8 Å². The van der Waals surface area contributed by atoms with Gasteiger partial charge in [0.2, 0.25) is 12.3 Å². The molecule has 4 heteroatoms. The molecule has 1 atom stereocenters. The number of carbonyl (C=O) groups is 2. The summed E-state index contributed by atoms with van der Waals surface area (Å²) in [5.74, 6) is 0.0676. The lowest BCUT2D eigenvalue weighted by molar-refractivity contribution is -0.121. The molecule has 0 radical (unpaired) electrons. The van der Waals surface area contributed by atoms with Gasteiger partial charge in [-0.2, -0.15) is 0 Å². The Bertz CT molecular complexity index is 172. The second-order valence-corrected chi connectivity index (χ2v) is 3.43. The van der Waals surface area contributed by atoms with Crippen LogP contribution in [0.4, 0.5) is 0 Å². The highest BCUT2D eigenvalue weighted by atomic mass is 16.1. The number of unbranched alkanes of at least 4 members (excludes halogenated alkanes) is 1. The molecule has 0 rings (SSSR count). The van der Waals surface area contributed by atoms with Crippen LogP contribution < -0.4 is 10.6 Å². The van der Waals surface area contributed by atoms with E-state index in [1.165, 1.54) is 0 Å². The quantitative estimate of drug-likeness (QED) is 0.450. The molecule has 0 aromatic heterocycles. The molecule has 0 bridgehead atoms. The van der Waals surface area contributed by atoms with Gasteiger partial charge >= 0.3 is 0 Å². The summed E-state index contributed by atoms with van der Waals surface area (Å²) in [6, 6.07) is 0.0735. The number of carbonyl (C=O) groups excluding carboxylic acids is 2. The molecule has 4 nitrogen and oxygen atoms in total. The highest BCUT2D eigenvalue weighted by Crippen LogP contribution is 1.95. The molecule has 0 spiro atoms. The Balaban J connectivity index is 3.38. The molecule has 0 aliphatic carbocycles. The third-order valence-electron chi connectivity index (χ3n) is 2.01. The summed E-state index contributed by atoms with van der Waals surface area (Å²) in [7, 11) is 0. The standard InChI is InChI=1S/C10H20N2O2/c1-3-4-7-11-10(14)6-5-9(2)12-8-13/h8-9H,3-7H2,1-2H3,(H,11,14)(H,12,13). The molecule has 82 valence electrons. The van der Waals surface area contributed by atoms with E-state index < -0.39 is 0 Å². The van der Waals surface area contributed by atoms with Crippen molar-refractivity contribution in [1.82, 2.24) is 10.6 Å². The van der Waals surface area contributed by atoms with Crippen LogP contribution in [-0.2, 0) is 9.59 Å². The van der Waals surface area contributed by atoms with Gasteiger partial charge in [0.25, 0.3) is 0 Å². The predicted molar refractivity (Wildman–Crippen MR) is 55.8 cm³/mol. The van der Waals surface area contributed by atoms with Crippen LogP contribution in [0.3, 0.4) is 0 Å².